The predicted octanol–water partition coefficient (Wildman–Crippen LogP) is 5.97. The Morgan fingerprint density at radius 1 is 1.23 bits per heavy atom. The number of aliphatic imine (C=N–C) groups is 1. The molecule has 2 unspecified atom stereocenters. The van der Waals surface area contributed by atoms with E-state index in [9.17, 15) is 13.2 Å². The first kappa shape index (κ1) is 22.6. The third kappa shape index (κ3) is 4.97. The van der Waals surface area contributed by atoms with Crippen LogP contribution < -0.4 is 0 Å². The van der Waals surface area contributed by atoms with Crippen LogP contribution in [0.4, 0.5) is 13.2 Å². The van der Waals surface area contributed by atoms with Gasteiger partial charge in [-0.3, -0.25) is 4.99 Å². The highest BCUT2D eigenvalue weighted by Crippen LogP contribution is 2.38. The van der Waals surface area contributed by atoms with E-state index in [1.54, 1.807) is 13.2 Å². The second-order valence-corrected chi connectivity index (χ2v) is 8.26. The van der Waals surface area contributed by atoms with Crippen LogP contribution in [0, 0.1) is 5.92 Å². The minimum absolute atomic E-state index is 0.0901. The summed E-state index contributed by atoms with van der Waals surface area (Å²) >= 11 is 0. The summed E-state index contributed by atoms with van der Waals surface area (Å²) in [7, 11) is 3.74. The molecule has 0 saturated carbocycles. The Morgan fingerprint density at radius 2 is 2.00 bits per heavy atom. The Morgan fingerprint density at radius 3 is 2.70 bits per heavy atom. The minimum atomic E-state index is -4.33. The van der Waals surface area contributed by atoms with Crippen LogP contribution in [0.1, 0.15) is 50.7 Å². The average molecular weight is 421 g/mol. The van der Waals surface area contributed by atoms with Gasteiger partial charge in [-0.2, -0.15) is 13.2 Å². The quantitative estimate of drug-likeness (QED) is 0.560. The van der Waals surface area contributed by atoms with Gasteiger partial charge in [0.2, 0.25) is 0 Å². The number of hydrogen-bond donors (Lipinski definition) is 0. The summed E-state index contributed by atoms with van der Waals surface area (Å²) in [6.07, 6.45) is 1.04. The summed E-state index contributed by atoms with van der Waals surface area (Å²) in [4.78, 5) is 7.21. The Kier molecular flexibility index (Phi) is 7.06. The van der Waals surface area contributed by atoms with Gasteiger partial charge in [-0.15, -0.1) is 0 Å². The Labute approximate surface area is 177 Å². The zero-order valence-corrected chi connectivity index (χ0v) is 18.2. The minimum Gasteiger partial charge on any atom is -0.383 e. The molecule has 1 aliphatic heterocycles. The highest BCUT2D eigenvalue weighted by molar-refractivity contribution is 5.90. The standard InChI is InChI=1S/C24H31F3N2O/c1-16-7-5-8-18(19-9-6-10-20(15-19)24(25,26)27)11-12-21-22(16)17(2)23(28-21)29(3)13-14-30-4/h6,8-10,15,17,21H,5,7,11-14H2,1-4H3. The molecule has 0 saturated heterocycles. The van der Waals surface area contributed by atoms with Crippen molar-refractivity contribution in [2.75, 3.05) is 27.3 Å². The molecule has 1 aromatic rings. The number of methoxy groups -OCH3 is 1. The lowest BCUT2D eigenvalue weighted by Crippen LogP contribution is -2.32. The number of likely N-dealkylation sites (N-methyl/N-ethyl adjacent to an activating group) is 1. The fourth-order valence-electron chi connectivity index (χ4n) is 4.57. The molecule has 0 spiro atoms. The summed E-state index contributed by atoms with van der Waals surface area (Å²) < 4.78 is 44.7. The lowest BCUT2D eigenvalue weighted by molar-refractivity contribution is -0.137. The van der Waals surface area contributed by atoms with E-state index in [0.29, 0.717) is 18.6 Å². The van der Waals surface area contributed by atoms with Gasteiger partial charge in [-0.25, -0.2) is 0 Å². The smallest absolute Gasteiger partial charge is 0.383 e. The first-order valence-corrected chi connectivity index (χ1v) is 10.6. The van der Waals surface area contributed by atoms with Gasteiger partial charge in [-0.1, -0.05) is 30.7 Å². The van der Waals surface area contributed by atoms with E-state index in [1.165, 1.54) is 23.3 Å². The summed E-state index contributed by atoms with van der Waals surface area (Å²) in [6, 6.07) is 5.78. The molecule has 1 aromatic carbocycles. The van der Waals surface area contributed by atoms with Gasteiger partial charge in [0.15, 0.2) is 0 Å². The van der Waals surface area contributed by atoms with Crippen LogP contribution in [0.25, 0.3) is 5.57 Å². The first-order valence-electron chi connectivity index (χ1n) is 10.6. The van der Waals surface area contributed by atoms with E-state index < -0.39 is 11.7 Å². The number of fused-ring (bicyclic) bond motifs is 1. The SMILES string of the molecule is COCCN(C)C1=NC2CCC(c3cccc(C(F)(F)F)c3)=CCCC(C)=C2C1C. The number of halogens is 3. The van der Waals surface area contributed by atoms with Crippen LogP contribution in [0.15, 0.2) is 46.5 Å². The van der Waals surface area contributed by atoms with Crippen molar-refractivity contribution < 1.29 is 17.9 Å². The molecule has 6 heteroatoms. The summed E-state index contributed by atoms with van der Waals surface area (Å²) in [5.41, 5.74) is 3.80. The molecule has 3 nitrogen and oxygen atoms in total. The average Bonchev–Trinajstić information content (AvgIpc) is 3.06. The fraction of sp³-hybridized carbons (Fsp3) is 0.542. The van der Waals surface area contributed by atoms with E-state index in [0.717, 1.165) is 43.3 Å². The van der Waals surface area contributed by atoms with Gasteiger partial charge in [0, 0.05) is 26.6 Å². The maximum atomic E-state index is 13.2. The van der Waals surface area contributed by atoms with Gasteiger partial charge in [-0.05, 0) is 61.4 Å². The zero-order chi connectivity index (χ0) is 21.9. The number of hydrogen-bond acceptors (Lipinski definition) is 3. The third-order valence-corrected chi connectivity index (χ3v) is 6.17. The lowest BCUT2D eigenvalue weighted by Gasteiger charge is -2.23. The zero-order valence-electron chi connectivity index (χ0n) is 18.2. The van der Waals surface area contributed by atoms with E-state index in [4.69, 9.17) is 9.73 Å². The number of amidine groups is 1. The Balaban J connectivity index is 1.84. The van der Waals surface area contributed by atoms with Crippen LogP contribution in [0.3, 0.4) is 0 Å². The molecule has 0 N–H and O–H groups in total. The molecule has 2 atom stereocenters. The fourth-order valence-corrected chi connectivity index (χ4v) is 4.57. The van der Waals surface area contributed by atoms with Crippen molar-refractivity contribution in [3.63, 3.8) is 0 Å². The van der Waals surface area contributed by atoms with Crippen molar-refractivity contribution in [3.05, 3.63) is 52.6 Å². The van der Waals surface area contributed by atoms with Crippen molar-refractivity contribution in [3.8, 4) is 0 Å². The van der Waals surface area contributed by atoms with Gasteiger partial charge in [0.05, 0.1) is 18.2 Å². The second kappa shape index (κ2) is 9.38. The van der Waals surface area contributed by atoms with Crippen LogP contribution >= 0.6 is 0 Å². The van der Waals surface area contributed by atoms with Crippen molar-refractivity contribution in [1.82, 2.24) is 4.90 Å². The van der Waals surface area contributed by atoms with Crippen molar-refractivity contribution in [2.45, 2.75) is 51.7 Å². The summed E-state index contributed by atoms with van der Waals surface area (Å²) in [5, 5.41) is 0. The Bertz CT molecular complexity index is 854. The molecular formula is C24H31F3N2O. The Hall–Kier alpha value is -2.08. The maximum absolute atomic E-state index is 13.2. The molecule has 0 aromatic heterocycles. The van der Waals surface area contributed by atoms with Gasteiger partial charge < -0.3 is 9.64 Å². The maximum Gasteiger partial charge on any atom is 0.416 e. The van der Waals surface area contributed by atoms with Crippen LogP contribution in [-0.2, 0) is 10.9 Å². The number of nitrogens with zero attached hydrogens (tertiary/aromatic N) is 2. The number of benzene rings is 1. The van der Waals surface area contributed by atoms with Crippen molar-refractivity contribution >= 4 is 11.4 Å². The summed E-state index contributed by atoms with van der Waals surface area (Å²) in [6.45, 7) is 5.82. The third-order valence-electron chi connectivity index (χ3n) is 6.17. The molecule has 0 radical (unpaired) electrons. The highest BCUT2D eigenvalue weighted by atomic mass is 19.4. The van der Waals surface area contributed by atoms with Gasteiger partial charge in [0.1, 0.15) is 5.84 Å². The molecule has 3 rings (SSSR count). The van der Waals surface area contributed by atoms with Gasteiger partial charge >= 0.3 is 6.18 Å². The first-order chi connectivity index (χ1) is 14.2. The topological polar surface area (TPSA) is 24.8 Å². The second-order valence-electron chi connectivity index (χ2n) is 8.26. The number of allylic oxidation sites excluding steroid dienone is 3. The lowest BCUT2D eigenvalue weighted by atomic mass is 9.88. The van der Waals surface area contributed by atoms with Crippen LogP contribution in [-0.4, -0.2) is 44.1 Å². The number of alkyl halides is 3. The highest BCUT2D eigenvalue weighted by Gasteiger charge is 2.34. The molecule has 1 heterocycles. The predicted molar refractivity (Wildman–Crippen MR) is 115 cm³/mol. The van der Waals surface area contributed by atoms with E-state index >= 15 is 0 Å². The largest absolute Gasteiger partial charge is 0.416 e. The van der Waals surface area contributed by atoms with Crippen molar-refractivity contribution in [1.29, 1.82) is 0 Å². The van der Waals surface area contributed by atoms with Crippen LogP contribution in [0.2, 0.25) is 0 Å². The molecule has 2 aliphatic rings. The molecule has 0 amide bonds. The summed E-state index contributed by atoms with van der Waals surface area (Å²) in [5.74, 6) is 1.34. The molecular weight excluding hydrogens is 389 g/mol. The molecule has 164 valence electrons. The van der Waals surface area contributed by atoms with Crippen molar-refractivity contribution in [2.24, 2.45) is 10.9 Å². The monoisotopic (exact) mass is 420 g/mol. The molecule has 30 heavy (non-hydrogen) atoms. The molecule has 1 aliphatic carbocycles. The van der Waals surface area contributed by atoms with E-state index in [1.807, 2.05) is 7.05 Å². The van der Waals surface area contributed by atoms with E-state index in [-0.39, 0.29) is 12.0 Å². The molecule has 0 bridgehead atoms. The number of rotatable bonds is 4. The number of ether oxygens (including phenoxy) is 1. The van der Waals surface area contributed by atoms with Crippen LogP contribution in [0.5, 0.6) is 0 Å². The molecule has 0 fully saturated rings. The van der Waals surface area contributed by atoms with E-state index in [2.05, 4.69) is 24.8 Å². The van der Waals surface area contributed by atoms with Gasteiger partial charge in [0.25, 0.3) is 0 Å². The normalized spacial score (nSPS) is 22.6.